The third-order valence-corrected chi connectivity index (χ3v) is 5.82. The number of hydrogen-bond acceptors (Lipinski definition) is 7. The highest BCUT2D eigenvalue weighted by molar-refractivity contribution is 5.81. The van der Waals surface area contributed by atoms with Crippen molar-refractivity contribution in [2.75, 3.05) is 10.6 Å². The fraction of sp³-hybridized carbons (Fsp3) is 0.292. The number of hydrogen-bond donors (Lipinski definition) is 3. The van der Waals surface area contributed by atoms with Crippen LogP contribution in [0.3, 0.4) is 0 Å². The van der Waals surface area contributed by atoms with Crippen molar-refractivity contribution < 1.29 is 14.6 Å². The zero-order chi connectivity index (χ0) is 23.7. The molecule has 3 N–H and O–H groups in total. The minimum Gasteiger partial charge on any atom is -0.473 e. The van der Waals surface area contributed by atoms with Gasteiger partial charge in [0.25, 0.3) is 0 Å². The van der Waals surface area contributed by atoms with E-state index in [1.807, 2.05) is 20.0 Å². The van der Waals surface area contributed by atoms with Gasteiger partial charge in [0.1, 0.15) is 30.2 Å². The first-order valence-electron chi connectivity index (χ1n) is 11.1. The van der Waals surface area contributed by atoms with Gasteiger partial charge < -0.3 is 19.6 Å². The SMILES string of the molecule is Cc1cc(NC(=O)O)nc(C)c1COc1cc(NCc2cn3cc(C4CC4)ccc3n2)ncn1. The van der Waals surface area contributed by atoms with Crippen LogP contribution in [0.2, 0.25) is 0 Å². The summed E-state index contributed by atoms with van der Waals surface area (Å²) in [5.41, 5.74) is 5.65. The van der Waals surface area contributed by atoms with Crippen LogP contribution < -0.4 is 15.4 Å². The van der Waals surface area contributed by atoms with E-state index in [4.69, 9.17) is 9.84 Å². The van der Waals surface area contributed by atoms with Gasteiger partial charge in [0.2, 0.25) is 5.88 Å². The van der Waals surface area contributed by atoms with Crippen molar-refractivity contribution in [2.45, 2.75) is 45.8 Å². The molecule has 4 aromatic rings. The lowest BCUT2D eigenvalue weighted by Gasteiger charge is -2.13. The second-order valence-electron chi connectivity index (χ2n) is 8.44. The summed E-state index contributed by atoms with van der Waals surface area (Å²) in [7, 11) is 0. The average molecular weight is 460 g/mol. The van der Waals surface area contributed by atoms with Crippen molar-refractivity contribution in [3.63, 3.8) is 0 Å². The van der Waals surface area contributed by atoms with E-state index in [-0.39, 0.29) is 12.4 Å². The first-order chi connectivity index (χ1) is 16.4. The van der Waals surface area contributed by atoms with E-state index >= 15 is 0 Å². The van der Waals surface area contributed by atoms with E-state index in [9.17, 15) is 4.79 Å². The van der Waals surface area contributed by atoms with Crippen molar-refractivity contribution in [3.8, 4) is 5.88 Å². The highest BCUT2D eigenvalue weighted by Gasteiger charge is 2.23. The molecule has 0 radical (unpaired) electrons. The Bertz CT molecular complexity index is 1340. The molecule has 0 atom stereocenters. The smallest absolute Gasteiger partial charge is 0.410 e. The lowest BCUT2D eigenvalue weighted by molar-refractivity contribution is 0.209. The number of aryl methyl sites for hydroxylation is 2. The highest BCUT2D eigenvalue weighted by Crippen LogP contribution is 2.39. The number of amides is 1. The number of nitrogens with zero attached hydrogens (tertiary/aromatic N) is 5. The molecule has 0 aromatic carbocycles. The Labute approximate surface area is 196 Å². The summed E-state index contributed by atoms with van der Waals surface area (Å²) in [5.74, 6) is 2.05. The number of fused-ring (bicyclic) bond motifs is 1. The van der Waals surface area contributed by atoms with Gasteiger partial charge in [-0.3, -0.25) is 5.32 Å². The minimum atomic E-state index is -1.15. The van der Waals surface area contributed by atoms with Crippen molar-refractivity contribution in [3.05, 3.63) is 71.1 Å². The van der Waals surface area contributed by atoms with Crippen molar-refractivity contribution in [1.29, 1.82) is 0 Å². The number of rotatable bonds is 8. The molecule has 0 unspecified atom stereocenters. The van der Waals surface area contributed by atoms with Gasteiger partial charge in [0.05, 0.1) is 12.2 Å². The van der Waals surface area contributed by atoms with Gasteiger partial charge in [-0.1, -0.05) is 6.07 Å². The Morgan fingerprint density at radius 2 is 2.00 bits per heavy atom. The average Bonchev–Trinajstić information content (AvgIpc) is 3.56. The van der Waals surface area contributed by atoms with Gasteiger partial charge in [-0.25, -0.2) is 24.7 Å². The molecular weight excluding hydrogens is 434 g/mol. The van der Waals surface area contributed by atoms with Crippen LogP contribution in [-0.2, 0) is 13.2 Å². The largest absolute Gasteiger partial charge is 0.473 e. The summed E-state index contributed by atoms with van der Waals surface area (Å²) in [6, 6.07) is 7.64. The van der Waals surface area contributed by atoms with Gasteiger partial charge in [-0.2, -0.15) is 0 Å². The molecule has 174 valence electrons. The Balaban J connectivity index is 1.22. The lowest BCUT2D eigenvalue weighted by Crippen LogP contribution is -2.11. The zero-order valence-electron chi connectivity index (χ0n) is 18.9. The quantitative estimate of drug-likeness (QED) is 0.356. The third-order valence-electron chi connectivity index (χ3n) is 5.82. The minimum absolute atomic E-state index is 0.254. The maximum atomic E-state index is 10.8. The summed E-state index contributed by atoms with van der Waals surface area (Å²) in [6.07, 6.45) is 7.05. The molecule has 1 aliphatic rings. The molecule has 0 bridgehead atoms. The number of carboxylic acid groups (broad SMARTS) is 1. The van der Waals surface area contributed by atoms with Crippen molar-refractivity contribution >= 4 is 23.4 Å². The molecular formula is C24H25N7O3. The number of carbonyl (C=O) groups is 1. The predicted octanol–water partition coefficient (Wildman–Crippen LogP) is 4.29. The van der Waals surface area contributed by atoms with Crippen LogP contribution in [0.5, 0.6) is 5.88 Å². The zero-order valence-corrected chi connectivity index (χ0v) is 18.9. The molecule has 1 fully saturated rings. The molecule has 0 aliphatic heterocycles. The summed E-state index contributed by atoms with van der Waals surface area (Å²) < 4.78 is 7.95. The molecule has 5 rings (SSSR count). The molecule has 0 saturated heterocycles. The highest BCUT2D eigenvalue weighted by atomic mass is 16.5. The Morgan fingerprint density at radius 3 is 2.76 bits per heavy atom. The van der Waals surface area contributed by atoms with Gasteiger partial charge in [0.15, 0.2) is 0 Å². The van der Waals surface area contributed by atoms with Crippen LogP contribution >= 0.6 is 0 Å². The molecule has 10 heteroatoms. The van der Waals surface area contributed by atoms with Crippen LogP contribution in [0.25, 0.3) is 5.65 Å². The standard InChI is InChI=1S/C24H25N7O3/c1-14-7-21(30-24(32)33)28-15(2)19(14)12-34-23-8-20(26-13-27-23)25-9-18-11-31-10-17(16-3-4-16)5-6-22(31)29-18/h5-8,10-11,13,16H,3-4,9,12H2,1-2H3,(H,28,30)(H,32,33)(H,25,26,27). The van der Waals surface area contributed by atoms with E-state index in [0.29, 0.717) is 29.9 Å². The first kappa shape index (κ1) is 21.6. The monoisotopic (exact) mass is 459 g/mol. The molecule has 0 spiro atoms. The molecule has 34 heavy (non-hydrogen) atoms. The molecule has 1 aliphatic carbocycles. The number of anilines is 2. The van der Waals surface area contributed by atoms with Crippen LogP contribution in [0, 0.1) is 13.8 Å². The lowest BCUT2D eigenvalue weighted by atomic mass is 10.1. The van der Waals surface area contributed by atoms with Gasteiger partial charge in [-0.05, 0) is 55.9 Å². The van der Waals surface area contributed by atoms with Gasteiger partial charge in [-0.15, -0.1) is 0 Å². The van der Waals surface area contributed by atoms with E-state index in [0.717, 1.165) is 22.5 Å². The fourth-order valence-corrected chi connectivity index (χ4v) is 3.90. The van der Waals surface area contributed by atoms with Crippen molar-refractivity contribution in [1.82, 2.24) is 24.3 Å². The Morgan fingerprint density at radius 1 is 1.15 bits per heavy atom. The topological polar surface area (TPSA) is 127 Å². The Kier molecular flexibility index (Phi) is 5.70. The number of imidazole rings is 1. The maximum Gasteiger partial charge on any atom is 0.410 e. The predicted molar refractivity (Wildman–Crippen MR) is 126 cm³/mol. The maximum absolute atomic E-state index is 10.8. The summed E-state index contributed by atoms with van der Waals surface area (Å²) >= 11 is 0. The van der Waals surface area contributed by atoms with E-state index in [1.165, 1.54) is 24.7 Å². The molecule has 4 heterocycles. The summed E-state index contributed by atoms with van der Waals surface area (Å²) in [6.45, 7) is 4.48. The second-order valence-corrected chi connectivity index (χ2v) is 8.44. The third kappa shape index (κ3) is 4.90. The second kappa shape index (κ2) is 8.97. The number of pyridine rings is 2. The summed E-state index contributed by atoms with van der Waals surface area (Å²) in [4.78, 5) is 28.3. The Hall–Kier alpha value is -4.21. The molecule has 1 amide bonds. The van der Waals surface area contributed by atoms with Crippen LogP contribution in [-0.4, -0.2) is 35.5 Å². The normalized spacial score (nSPS) is 13.1. The molecule has 4 aromatic heterocycles. The van der Waals surface area contributed by atoms with E-state index in [2.05, 4.69) is 53.3 Å². The summed E-state index contributed by atoms with van der Waals surface area (Å²) in [5, 5.41) is 14.4. The van der Waals surface area contributed by atoms with Crippen LogP contribution in [0.4, 0.5) is 16.4 Å². The first-order valence-corrected chi connectivity index (χ1v) is 11.1. The number of aromatic nitrogens is 5. The number of ether oxygens (including phenoxy) is 1. The molecule has 10 nitrogen and oxygen atoms in total. The van der Waals surface area contributed by atoms with Crippen LogP contribution in [0.15, 0.2) is 43.0 Å². The van der Waals surface area contributed by atoms with E-state index in [1.54, 1.807) is 12.1 Å². The number of nitrogens with one attached hydrogen (secondary N) is 2. The van der Waals surface area contributed by atoms with Gasteiger partial charge in [0, 0.05) is 29.7 Å². The van der Waals surface area contributed by atoms with Crippen molar-refractivity contribution in [2.24, 2.45) is 0 Å². The molecule has 1 saturated carbocycles. The van der Waals surface area contributed by atoms with Crippen LogP contribution in [0.1, 0.15) is 46.8 Å². The van der Waals surface area contributed by atoms with E-state index < -0.39 is 6.09 Å². The fourth-order valence-electron chi connectivity index (χ4n) is 3.90. The van der Waals surface area contributed by atoms with Gasteiger partial charge >= 0.3 is 6.09 Å².